The second kappa shape index (κ2) is 53.5. The van der Waals surface area contributed by atoms with Gasteiger partial charge in [-0.25, -0.2) is 0 Å². The van der Waals surface area contributed by atoms with E-state index in [4.69, 9.17) is 15.3 Å². The van der Waals surface area contributed by atoms with Crippen LogP contribution in [0.15, 0.2) is 0 Å². The van der Waals surface area contributed by atoms with E-state index in [9.17, 15) is 14.4 Å². The van der Waals surface area contributed by atoms with Gasteiger partial charge in [-0.3, -0.25) is 14.4 Å². The van der Waals surface area contributed by atoms with Crippen LogP contribution in [0.1, 0.15) is 290 Å². The lowest BCUT2D eigenvalue weighted by molar-refractivity contribution is -0.138. The molecule has 3 N–H and O–H groups in total. The fraction of sp³-hybridized carbons (Fsp3) is 0.938. The number of unbranched alkanes of at least 4 members (excludes halogenated alkanes) is 36. The topological polar surface area (TPSA) is 112 Å². The molecule has 0 saturated carbocycles. The van der Waals surface area contributed by atoms with E-state index in [1.807, 2.05) is 0 Å². The van der Waals surface area contributed by atoms with Gasteiger partial charge in [0.1, 0.15) is 0 Å². The fourth-order valence-corrected chi connectivity index (χ4v) is 6.88. The van der Waals surface area contributed by atoms with E-state index < -0.39 is 17.9 Å². The van der Waals surface area contributed by atoms with Crippen molar-refractivity contribution in [3.8, 4) is 0 Å². The lowest BCUT2D eigenvalue weighted by Gasteiger charge is -2.03. The molecule has 0 aromatic carbocycles. The van der Waals surface area contributed by atoms with Crippen LogP contribution in [0.25, 0.3) is 0 Å². The molecule has 0 aromatic heterocycles. The molecule has 0 aromatic rings. The highest BCUT2D eigenvalue weighted by molar-refractivity contribution is 5.67. The summed E-state index contributed by atoms with van der Waals surface area (Å²) in [6.07, 6.45) is 51.8. The summed E-state index contributed by atoms with van der Waals surface area (Å²) in [5.74, 6) is -1.96. The molecule has 324 valence electrons. The van der Waals surface area contributed by atoms with Gasteiger partial charge in [0.05, 0.1) is 0 Å². The molecular weight excluding hydrogens is 673 g/mol. The monoisotopic (exact) mass is 769 g/mol. The number of rotatable bonds is 42. The zero-order chi connectivity index (χ0) is 40.4. The molecule has 0 aliphatic heterocycles. The number of carboxylic acids is 3. The van der Waals surface area contributed by atoms with Gasteiger partial charge in [-0.1, -0.05) is 252 Å². The first-order valence-corrected chi connectivity index (χ1v) is 24.0. The molecule has 0 atom stereocenters. The van der Waals surface area contributed by atoms with E-state index in [1.165, 1.54) is 212 Å². The first-order valence-electron chi connectivity index (χ1n) is 24.0. The Bertz CT molecular complexity index is 724. The van der Waals surface area contributed by atoms with Gasteiger partial charge < -0.3 is 15.3 Å². The molecule has 0 bridgehead atoms. The zero-order valence-corrected chi connectivity index (χ0v) is 36.8. The van der Waals surface area contributed by atoms with Gasteiger partial charge in [0.15, 0.2) is 0 Å². The van der Waals surface area contributed by atoms with Crippen LogP contribution in [-0.2, 0) is 14.4 Å². The third kappa shape index (κ3) is 65.3. The van der Waals surface area contributed by atoms with Crippen LogP contribution in [0, 0.1) is 0 Å². The predicted octanol–water partition coefficient (Wildman–Crippen LogP) is 16.7. The minimum absolute atomic E-state index is 0.344. The van der Waals surface area contributed by atoms with Crippen LogP contribution in [0.3, 0.4) is 0 Å². The highest BCUT2D eigenvalue weighted by atomic mass is 16.4. The Morgan fingerprint density at radius 2 is 0.333 bits per heavy atom. The number of aliphatic carboxylic acids is 3. The Morgan fingerprint density at radius 3 is 0.444 bits per heavy atom. The van der Waals surface area contributed by atoms with Gasteiger partial charge in [-0.2, -0.15) is 0 Å². The molecule has 0 saturated heterocycles. The molecule has 0 spiro atoms. The summed E-state index contributed by atoms with van der Waals surface area (Å²) in [6.45, 7) is 6.78. The molecule has 0 aliphatic carbocycles. The summed E-state index contributed by atoms with van der Waals surface area (Å²) < 4.78 is 0. The van der Waals surface area contributed by atoms with E-state index in [-0.39, 0.29) is 0 Å². The van der Waals surface area contributed by atoms with Crippen LogP contribution in [-0.4, -0.2) is 33.2 Å². The van der Waals surface area contributed by atoms with Crippen molar-refractivity contribution in [2.75, 3.05) is 0 Å². The molecule has 6 nitrogen and oxygen atoms in total. The second-order valence-corrected chi connectivity index (χ2v) is 16.2. The first kappa shape index (κ1) is 56.7. The van der Waals surface area contributed by atoms with Crippen molar-refractivity contribution in [1.82, 2.24) is 0 Å². The van der Waals surface area contributed by atoms with E-state index in [2.05, 4.69) is 20.8 Å². The van der Waals surface area contributed by atoms with E-state index >= 15 is 0 Å². The molecule has 0 amide bonds. The summed E-state index contributed by atoms with van der Waals surface area (Å²) in [6, 6.07) is 0. The predicted molar refractivity (Wildman–Crippen MR) is 234 cm³/mol. The SMILES string of the molecule is CCCCCCCCCCCCCC(=O)O.CCCCCCCCCCCCCCCC(=O)O.CCCCCCCCCCCCCCCCCC(=O)O. The number of hydrogen-bond acceptors (Lipinski definition) is 3. The van der Waals surface area contributed by atoms with Crippen LogP contribution < -0.4 is 0 Å². The van der Waals surface area contributed by atoms with Crippen LogP contribution in [0.4, 0.5) is 0 Å². The summed E-state index contributed by atoms with van der Waals surface area (Å²) in [7, 11) is 0. The Hall–Kier alpha value is -1.59. The van der Waals surface area contributed by atoms with Crippen LogP contribution in [0.2, 0.25) is 0 Å². The van der Waals surface area contributed by atoms with Gasteiger partial charge in [-0.05, 0) is 19.3 Å². The van der Waals surface area contributed by atoms with Gasteiger partial charge >= 0.3 is 17.9 Å². The molecule has 0 aliphatic rings. The van der Waals surface area contributed by atoms with Crippen LogP contribution >= 0.6 is 0 Å². The maximum absolute atomic E-state index is 10.3. The molecule has 0 rings (SSSR count). The minimum Gasteiger partial charge on any atom is -0.481 e. The number of carboxylic acid groups (broad SMARTS) is 3. The summed E-state index contributed by atoms with van der Waals surface area (Å²) in [5.41, 5.74) is 0. The average Bonchev–Trinajstić information content (AvgIpc) is 3.14. The largest absolute Gasteiger partial charge is 0.481 e. The summed E-state index contributed by atoms with van der Waals surface area (Å²) >= 11 is 0. The normalized spacial score (nSPS) is 10.7. The molecule has 0 heterocycles. The minimum atomic E-state index is -0.657. The van der Waals surface area contributed by atoms with Gasteiger partial charge in [0.25, 0.3) is 0 Å². The summed E-state index contributed by atoms with van der Waals surface area (Å²) in [5, 5.41) is 25.5. The van der Waals surface area contributed by atoms with Crippen molar-refractivity contribution >= 4 is 17.9 Å². The Balaban J connectivity index is -0.000000727. The highest BCUT2D eigenvalue weighted by Gasteiger charge is 1.99. The van der Waals surface area contributed by atoms with Crippen molar-refractivity contribution in [1.29, 1.82) is 0 Å². The van der Waals surface area contributed by atoms with Crippen molar-refractivity contribution in [2.45, 2.75) is 290 Å². The van der Waals surface area contributed by atoms with Gasteiger partial charge in [0.2, 0.25) is 0 Å². The molecule has 54 heavy (non-hydrogen) atoms. The third-order valence-electron chi connectivity index (χ3n) is 10.5. The second-order valence-electron chi connectivity index (χ2n) is 16.2. The van der Waals surface area contributed by atoms with Crippen molar-refractivity contribution in [3.63, 3.8) is 0 Å². The van der Waals surface area contributed by atoms with E-state index in [0.717, 1.165) is 38.5 Å². The van der Waals surface area contributed by atoms with Gasteiger partial charge in [0, 0.05) is 19.3 Å². The van der Waals surface area contributed by atoms with Crippen LogP contribution in [0.5, 0.6) is 0 Å². The maximum atomic E-state index is 10.3. The molecule has 6 heteroatoms. The number of hydrogen-bond donors (Lipinski definition) is 3. The van der Waals surface area contributed by atoms with Gasteiger partial charge in [-0.15, -0.1) is 0 Å². The Morgan fingerprint density at radius 1 is 0.222 bits per heavy atom. The third-order valence-corrected chi connectivity index (χ3v) is 10.5. The summed E-state index contributed by atoms with van der Waals surface area (Å²) in [4.78, 5) is 30.9. The molecule has 0 unspecified atom stereocenters. The quantitative estimate of drug-likeness (QED) is 0.0533. The lowest BCUT2D eigenvalue weighted by atomic mass is 10.0. The molecule has 0 fully saturated rings. The van der Waals surface area contributed by atoms with Crippen molar-refractivity contribution < 1.29 is 29.7 Å². The fourth-order valence-electron chi connectivity index (χ4n) is 6.88. The van der Waals surface area contributed by atoms with E-state index in [1.54, 1.807) is 0 Å². The first-order chi connectivity index (χ1) is 26.3. The standard InChI is InChI=1S/C18H36O2.C16H32O2.C14H28O2/c1-2-3-4-5-6-7-8-9-10-11-12-13-14-15-16-17-18(19)20;1-2-3-4-5-6-7-8-9-10-11-12-13-14-15-16(17)18;1-2-3-4-5-6-7-8-9-10-11-12-13-14(15)16/h2-17H2,1H3,(H,19,20);2-15H2,1H3,(H,17,18);2-13H2,1H3,(H,15,16). The smallest absolute Gasteiger partial charge is 0.303 e. The zero-order valence-electron chi connectivity index (χ0n) is 36.8. The van der Waals surface area contributed by atoms with Crippen molar-refractivity contribution in [2.24, 2.45) is 0 Å². The Labute approximate surface area is 337 Å². The average molecular weight is 769 g/mol. The Kier molecular flexibility index (Phi) is 56.2. The lowest BCUT2D eigenvalue weighted by Crippen LogP contribution is -1.93. The molecular formula is C48H96O6. The van der Waals surface area contributed by atoms with Crippen molar-refractivity contribution in [3.05, 3.63) is 0 Å². The van der Waals surface area contributed by atoms with E-state index in [0.29, 0.717) is 19.3 Å². The highest BCUT2D eigenvalue weighted by Crippen LogP contribution is 2.15. The number of carbonyl (C=O) groups is 3. The molecule has 0 radical (unpaired) electrons. The maximum Gasteiger partial charge on any atom is 0.303 e.